The Morgan fingerprint density at radius 1 is 1.22 bits per heavy atom. The van der Waals surface area contributed by atoms with Crippen LogP contribution < -0.4 is 16.8 Å². The predicted octanol–water partition coefficient (Wildman–Crippen LogP) is 1.48. The maximum Gasteiger partial charge on any atom is 0.335 e. The van der Waals surface area contributed by atoms with E-state index in [1.807, 2.05) is 6.20 Å². The molecule has 8 heteroatoms. The first kappa shape index (κ1) is 14.6. The molecule has 0 saturated heterocycles. The number of rotatable bonds is 5. The molecule has 118 valence electrons. The normalized spacial score (nSPS) is 10.8. The van der Waals surface area contributed by atoms with E-state index in [0.29, 0.717) is 24.4 Å². The van der Waals surface area contributed by atoms with Crippen LogP contribution in [0.3, 0.4) is 0 Å². The molecule has 0 unspecified atom stereocenters. The number of aromatic amines is 1. The van der Waals surface area contributed by atoms with Crippen LogP contribution in [-0.4, -0.2) is 32.6 Å². The second kappa shape index (κ2) is 5.84. The van der Waals surface area contributed by atoms with E-state index in [1.165, 1.54) is 0 Å². The van der Waals surface area contributed by atoms with Gasteiger partial charge in [-0.15, -0.1) is 0 Å². The van der Waals surface area contributed by atoms with Gasteiger partial charge in [0.2, 0.25) is 5.95 Å². The summed E-state index contributed by atoms with van der Waals surface area (Å²) in [6, 6.07) is 6.59. The van der Waals surface area contributed by atoms with E-state index in [-0.39, 0.29) is 11.5 Å². The maximum absolute atomic E-state index is 10.8. The van der Waals surface area contributed by atoms with E-state index in [2.05, 4.69) is 20.3 Å². The van der Waals surface area contributed by atoms with Gasteiger partial charge in [0.1, 0.15) is 11.5 Å². The highest BCUT2D eigenvalue weighted by molar-refractivity contribution is 5.90. The number of nitrogens with one attached hydrogen (secondary N) is 2. The fourth-order valence-corrected chi connectivity index (χ4v) is 2.41. The first-order valence-corrected chi connectivity index (χ1v) is 7.01. The number of hydrogen-bond acceptors (Lipinski definition) is 6. The summed E-state index contributed by atoms with van der Waals surface area (Å²) in [4.78, 5) is 21.9. The SMILES string of the molecule is Nc1nc(N)c2c(CCNc3ccc(C(=O)O)cc3)c[nH]c2n1. The Morgan fingerprint density at radius 2 is 1.96 bits per heavy atom. The Balaban J connectivity index is 1.68. The molecule has 0 amide bonds. The van der Waals surface area contributed by atoms with E-state index >= 15 is 0 Å². The van der Waals surface area contributed by atoms with Crippen molar-refractivity contribution in [2.75, 3.05) is 23.3 Å². The van der Waals surface area contributed by atoms with Gasteiger partial charge in [0.05, 0.1) is 10.9 Å². The number of fused-ring (bicyclic) bond motifs is 1. The van der Waals surface area contributed by atoms with Crippen LogP contribution in [0.25, 0.3) is 11.0 Å². The highest BCUT2D eigenvalue weighted by Crippen LogP contribution is 2.23. The van der Waals surface area contributed by atoms with Crippen LogP contribution in [0.2, 0.25) is 0 Å². The second-order valence-electron chi connectivity index (χ2n) is 5.06. The minimum Gasteiger partial charge on any atom is -0.478 e. The number of aromatic carboxylic acids is 1. The molecule has 0 atom stereocenters. The summed E-state index contributed by atoms with van der Waals surface area (Å²) in [5, 5.41) is 12.9. The van der Waals surface area contributed by atoms with Gasteiger partial charge in [-0.2, -0.15) is 9.97 Å². The molecule has 0 aliphatic rings. The van der Waals surface area contributed by atoms with Crippen molar-refractivity contribution >= 4 is 34.5 Å². The molecule has 0 aliphatic carbocycles. The molecular formula is C15H16N6O2. The Morgan fingerprint density at radius 3 is 2.65 bits per heavy atom. The zero-order chi connectivity index (χ0) is 16.4. The molecule has 0 spiro atoms. The first-order chi connectivity index (χ1) is 11.0. The number of H-pyrrole nitrogens is 1. The lowest BCUT2D eigenvalue weighted by Gasteiger charge is -2.07. The summed E-state index contributed by atoms with van der Waals surface area (Å²) >= 11 is 0. The van der Waals surface area contributed by atoms with Crippen LogP contribution in [-0.2, 0) is 6.42 Å². The van der Waals surface area contributed by atoms with Crippen molar-refractivity contribution in [3.63, 3.8) is 0 Å². The quantitative estimate of drug-likeness (QED) is 0.480. The lowest BCUT2D eigenvalue weighted by atomic mass is 10.1. The number of nitrogens with zero attached hydrogens (tertiary/aromatic N) is 2. The van der Waals surface area contributed by atoms with Gasteiger partial charge in [0.15, 0.2) is 0 Å². The van der Waals surface area contributed by atoms with Crippen molar-refractivity contribution in [2.24, 2.45) is 0 Å². The van der Waals surface area contributed by atoms with Gasteiger partial charge in [-0.3, -0.25) is 0 Å². The summed E-state index contributed by atoms with van der Waals surface area (Å²) in [6.07, 6.45) is 2.54. The average molecular weight is 312 g/mol. The number of aromatic nitrogens is 3. The van der Waals surface area contributed by atoms with Gasteiger partial charge in [-0.25, -0.2) is 4.79 Å². The van der Waals surface area contributed by atoms with Crippen LogP contribution in [0.4, 0.5) is 17.5 Å². The van der Waals surface area contributed by atoms with Crippen LogP contribution in [0, 0.1) is 0 Å². The Hall–Kier alpha value is -3.29. The van der Waals surface area contributed by atoms with Crippen LogP contribution in [0.15, 0.2) is 30.5 Å². The topological polar surface area (TPSA) is 143 Å². The summed E-state index contributed by atoms with van der Waals surface area (Å²) in [7, 11) is 0. The molecule has 7 N–H and O–H groups in total. The van der Waals surface area contributed by atoms with Crippen molar-refractivity contribution in [1.82, 2.24) is 15.0 Å². The largest absolute Gasteiger partial charge is 0.478 e. The minimum atomic E-state index is -0.940. The number of carbonyl (C=O) groups is 1. The Kier molecular flexibility index (Phi) is 3.71. The fraction of sp³-hybridized carbons (Fsp3) is 0.133. The van der Waals surface area contributed by atoms with Gasteiger partial charge in [-0.05, 0) is 36.2 Å². The Bertz CT molecular complexity index is 856. The van der Waals surface area contributed by atoms with Gasteiger partial charge in [0, 0.05) is 18.4 Å². The third kappa shape index (κ3) is 3.00. The molecule has 2 aromatic heterocycles. The number of benzene rings is 1. The van der Waals surface area contributed by atoms with E-state index in [4.69, 9.17) is 16.6 Å². The van der Waals surface area contributed by atoms with Crippen molar-refractivity contribution in [3.05, 3.63) is 41.6 Å². The van der Waals surface area contributed by atoms with Crippen LogP contribution in [0.5, 0.6) is 0 Å². The van der Waals surface area contributed by atoms with E-state index in [9.17, 15) is 4.79 Å². The lowest BCUT2D eigenvalue weighted by molar-refractivity contribution is 0.0697. The highest BCUT2D eigenvalue weighted by Gasteiger charge is 2.10. The van der Waals surface area contributed by atoms with Crippen molar-refractivity contribution < 1.29 is 9.90 Å². The van der Waals surface area contributed by atoms with Crippen LogP contribution >= 0.6 is 0 Å². The molecule has 0 aliphatic heterocycles. The standard InChI is InChI=1S/C15H16N6O2/c16-12-11-9(7-19-13(11)21-15(17)20-12)5-6-18-10-3-1-8(2-4-10)14(22)23/h1-4,7,18H,5-6H2,(H,22,23)(H5,16,17,19,20,21). The molecule has 0 radical (unpaired) electrons. The van der Waals surface area contributed by atoms with Crippen molar-refractivity contribution in [2.45, 2.75) is 6.42 Å². The second-order valence-corrected chi connectivity index (χ2v) is 5.06. The number of carboxylic acids is 1. The number of hydrogen-bond donors (Lipinski definition) is 5. The fourth-order valence-electron chi connectivity index (χ4n) is 2.41. The number of anilines is 3. The zero-order valence-electron chi connectivity index (χ0n) is 12.2. The van der Waals surface area contributed by atoms with Gasteiger partial charge in [0.25, 0.3) is 0 Å². The summed E-state index contributed by atoms with van der Waals surface area (Å²) in [6.45, 7) is 0.656. The Labute approximate surface area is 131 Å². The number of carboxylic acid groups (broad SMARTS) is 1. The highest BCUT2D eigenvalue weighted by atomic mass is 16.4. The molecule has 8 nitrogen and oxygen atoms in total. The third-order valence-electron chi connectivity index (χ3n) is 3.51. The molecule has 23 heavy (non-hydrogen) atoms. The van der Waals surface area contributed by atoms with E-state index in [0.717, 1.165) is 16.6 Å². The minimum absolute atomic E-state index is 0.139. The summed E-state index contributed by atoms with van der Waals surface area (Å²) in [5.41, 5.74) is 14.2. The maximum atomic E-state index is 10.8. The summed E-state index contributed by atoms with van der Waals surface area (Å²) < 4.78 is 0. The van der Waals surface area contributed by atoms with Gasteiger partial charge >= 0.3 is 5.97 Å². The van der Waals surface area contributed by atoms with Gasteiger partial charge in [-0.1, -0.05) is 0 Å². The first-order valence-electron chi connectivity index (χ1n) is 7.01. The molecule has 3 rings (SSSR count). The monoisotopic (exact) mass is 312 g/mol. The number of nitrogens with two attached hydrogens (primary N) is 2. The van der Waals surface area contributed by atoms with E-state index in [1.54, 1.807) is 24.3 Å². The molecule has 0 fully saturated rings. The van der Waals surface area contributed by atoms with Gasteiger partial charge < -0.3 is 26.9 Å². The van der Waals surface area contributed by atoms with Crippen molar-refractivity contribution in [1.29, 1.82) is 0 Å². The number of nitrogen functional groups attached to an aromatic ring is 2. The summed E-state index contributed by atoms with van der Waals surface area (Å²) in [5.74, 6) is -0.445. The predicted molar refractivity (Wildman–Crippen MR) is 88.3 cm³/mol. The average Bonchev–Trinajstić information content (AvgIpc) is 2.91. The molecule has 2 heterocycles. The molecule has 0 bridgehead atoms. The smallest absolute Gasteiger partial charge is 0.335 e. The van der Waals surface area contributed by atoms with Crippen LogP contribution in [0.1, 0.15) is 15.9 Å². The van der Waals surface area contributed by atoms with Crippen molar-refractivity contribution in [3.8, 4) is 0 Å². The zero-order valence-corrected chi connectivity index (χ0v) is 12.2. The molecule has 1 aromatic carbocycles. The third-order valence-corrected chi connectivity index (χ3v) is 3.51. The van der Waals surface area contributed by atoms with E-state index < -0.39 is 5.97 Å². The molecular weight excluding hydrogens is 296 g/mol. The molecule has 0 saturated carbocycles. The lowest BCUT2D eigenvalue weighted by Crippen LogP contribution is -2.06. The molecule has 3 aromatic rings.